The van der Waals surface area contributed by atoms with Crippen molar-refractivity contribution in [3.8, 4) is 17.8 Å². The molecule has 1 N–H and O–H groups in total. The molecule has 2 fully saturated rings. The summed E-state index contributed by atoms with van der Waals surface area (Å²) in [7, 11) is 0. The average Bonchev–Trinajstić information content (AvgIpc) is 3.41. The number of carbonyl (C=O) groups excluding carboxylic acids is 1. The smallest absolute Gasteiger partial charge is 0.178 e. The number of aliphatic hydroxyl groups is 1. The van der Waals surface area contributed by atoms with E-state index in [-0.39, 0.29) is 17.9 Å². The highest BCUT2D eigenvalue weighted by Crippen LogP contribution is 2.37. The van der Waals surface area contributed by atoms with Crippen molar-refractivity contribution >= 4 is 11.9 Å². The molecule has 31 heavy (non-hydrogen) atoms. The van der Waals surface area contributed by atoms with Crippen LogP contribution in [0.15, 0.2) is 36.4 Å². The van der Waals surface area contributed by atoms with Gasteiger partial charge in [0, 0.05) is 41.1 Å². The SMILES string of the molecule is Cc1c(C(=O)CN2[C@H]3CC[C@@H]2[C@H](O)C3)cc(/C=C/CCC#N)n1-c1ccc(C#N)cc1. The van der Waals surface area contributed by atoms with E-state index in [1.807, 2.05) is 41.8 Å². The molecular formula is C25H26N4O2. The highest BCUT2D eigenvalue weighted by atomic mass is 16.3. The number of unbranched alkanes of at least 4 members (excludes halogenated alkanes) is 1. The maximum absolute atomic E-state index is 13.3. The first kappa shape index (κ1) is 21.1. The van der Waals surface area contributed by atoms with Crippen LogP contribution in [0.2, 0.25) is 0 Å². The second kappa shape index (κ2) is 8.89. The van der Waals surface area contributed by atoms with E-state index in [2.05, 4.69) is 17.0 Å². The summed E-state index contributed by atoms with van der Waals surface area (Å²) in [6.07, 6.45) is 7.42. The van der Waals surface area contributed by atoms with Crippen LogP contribution in [-0.4, -0.2) is 45.1 Å². The number of ketones is 1. The van der Waals surface area contributed by atoms with Crippen molar-refractivity contribution in [2.45, 2.75) is 57.2 Å². The van der Waals surface area contributed by atoms with Crippen molar-refractivity contribution in [3.63, 3.8) is 0 Å². The van der Waals surface area contributed by atoms with E-state index in [0.29, 0.717) is 36.6 Å². The lowest BCUT2D eigenvalue weighted by molar-refractivity contribution is 0.0873. The first-order valence-corrected chi connectivity index (χ1v) is 10.8. The van der Waals surface area contributed by atoms with Crippen molar-refractivity contribution in [2.75, 3.05) is 6.54 Å². The predicted octanol–water partition coefficient (Wildman–Crippen LogP) is 3.75. The Kier molecular flexibility index (Phi) is 6.04. The van der Waals surface area contributed by atoms with Crippen molar-refractivity contribution < 1.29 is 9.90 Å². The second-order valence-corrected chi connectivity index (χ2v) is 8.36. The van der Waals surface area contributed by atoms with Gasteiger partial charge >= 0.3 is 0 Å². The number of nitrogens with zero attached hydrogens (tertiary/aromatic N) is 4. The van der Waals surface area contributed by atoms with Crippen LogP contribution in [-0.2, 0) is 0 Å². The minimum Gasteiger partial charge on any atom is -0.391 e. The lowest BCUT2D eigenvalue weighted by atomic mass is 9.98. The monoisotopic (exact) mass is 414 g/mol. The molecule has 3 heterocycles. The Morgan fingerprint density at radius 1 is 1.26 bits per heavy atom. The number of hydrogen-bond donors (Lipinski definition) is 1. The highest BCUT2D eigenvalue weighted by molar-refractivity contribution is 5.99. The van der Waals surface area contributed by atoms with Crippen LogP contribution in [0.1, 0.15) is 59.4 Å². The maximum atomic E-state index is 13.3. The number of aromatic nitrogens is 1. The Bertz CT molecular complexity index is 1080. The van der Waals surface area contributed by atoms with Crippen LogP contribution in [0.25, 0.3) is 11.8 Å². The molecule has 0 saturated carbocycles. The quantitative estimate of drug-likeness (QED) is 0.550. The van der Waals surface area contributed by atoms with Gasteiger partial charge in [-0.05, 0) is 69.0 Å². The molecular weight excluding hydrogens is 388 g/mol. The average molecular weight is 415 g/mol. The van der Waals surface area contributed by atoms with Gasteiger partial charge in [0.05, 0.1) is 30.4 Å². The molecule has 2 saturated heterocycles. The van der Waals surface area contributed by atoms with E-state index >= 15 is 0 Å². The van der Waals surface area contributed by atoms with Crippen LogP contribution in [0.5, 0.6) is 0 Å². The van der Waals surface area contributed by atoms with Crippen LogP contribution in [0.3, 0.4) is 0 Å². The minimum atomic E-state index is -0.325. The number of allylic oxidation sites excluding steroid dienone is 1. The van der Waals surface area contributed by atoms with E-state index in [9.17, 15) is 9.90 Å². The number of benzene rings is 1. The number of rotatable bonds is 7. The zero-order chi connectivity index (χ0) is 22.0. The van der Waals surface area contributed by atoms with Crippen molar-refractivity contribution in [1.29, 1.82) is 10.5 Å². The Morgan fingerprint density at radius 2 is 2.03 bits per heavy atom. The van der Waals surface area contributed by atoms with Gasteiger partial charge in [-0.1, -0.05) is 6.08 Å². The number of Topliss-reactive ketones (excluding diaryl/α,β-unsaturated/α-hetero) is 1. The standard InChI is InChI=1S/C25H26N4O2/c1-17-22(25(31)16-28-20-10-11-23(28)24(30)14-20)13-21(5-3-2-4-12-26)29(17)19-8-6-18(15-27)7-9-19/h3,5-9,13,20,23-24,30H,2,4,10-11,14,16H2,1H3/b5-3+/t20-,23+,24+/m0/s1. The summed E-state index contributed by atoms with van der Waals surface area (Å²) in [6, 6.07) is 13.9. The normalized spacial score (nSPS) is 22.6. The molecule has 2 aliphatic heterocycles. The molecule has 0 radical (unpaired) electrons. The van der Waals surface area contributed by atoms with Crippen molar-refractivity contribution in [3.05, 3.63) is 58.9 Å². The first-order chi connectivity index (χ1) is 15.0. The van der Waals surface area contributed by atoms with E-state index < -0.39 is 0 Å². The van der Waals surface area contributed by atoms with Gasteiger partial charge in [0.2, 0.25) is 0 Å². The topological polar surface area (TPSA) is 93.1 Å². The fourth-order valence-corrected chi connectivity index (χ4v) is 4.98. The number of hydrogen-bond acceptors (Lipinski definition) is 5. The summed E-state index contributed by atoms with van der Waals surface area (Å²) in [4.78, 5) is 15.4. The van der Waals surface area contributed by atoms with E-state index in [0.717, 1.165) is 36.3 Å². The van der Waals surface area contributed by atoms with Crippen molar-refractivity contribution in [2.24, 2.45) is 0 Å². The molecule has 158 valence electrons. The number of nitriles is 2. The number of carbonyl (C=O) groups is 1. The molecule has 4 rings (SSSR count). The second-order valence-electron chi connectivity index (χ2n) is 8.36. The Labute approximate surface area is 182 Å². The fourth-order valence-electron chi connectivity index (χ4n) is 4.98. The third kappa shape index (κ3) is 4.05. The summed E-state index contributed by atoms with van der Waals surface area (Å²) in [5.41, 5.74) is 3.85. The molecule has 2 bridgehead atoms. The van der Waals surface area contributed by atoms with Gasteiger partial charge in [-0.2, -0.15) is 10.5 Å². The summed E-state index contributed by atoms with van der Waals surface area (Å²) in [5.74, 6) is 0.0579. The third-order valence-electron chi connectivity index (χ3n) is 6.52. The first-order valence-electron chi connectivity index (χ1n) is 10.8. The van der Waals surface area contributed by atoms with Gasteiger partial charge in [0.15, 0.2) is 5.78 Å². The van der Waals surface area contributed by atoms with Gasteiger partial charge in [0.1, 0.15) is 0 Å². The van der Waals surface area contributed by atoms with Gasteiger partial charge in [-0.15, -0.1) is 0 Å². The highest BCUT2D eigenvalue weighted by Gasteiger charge is 2.46. The van der Waals surface area contributed by atoms with E-state index in [4.69, 9.17) is 10.5 Å². The molecule has 6 nitrogen and oxygen atoms in total. The Hall–Kier alpha value is -3.19. The molecule has 2 aliphatic rings. The molecule has 1 aromatic carbocycles. The molecule has 6 heteroatoms. The summed E-state index contributed by atoms with van der Waals surface area (Å²) >= 11 is 0. The summed E-state index contributed by atoms with van der Waals surface area (Å²) in [5, 5.41) is 28.1. The molecule has 2 aromatic rings. The number of aliphatic hydroxyl groups excluding tert-OH is 1. The van der Waals surface area contributed by atoms with Crippen LogP contribution < -0.4 is 0 Å². The van der Waals surface area contributed by atoms with Gasteiger partial charge < -0.3 is 9.67 Å². The summed E-state index contributed by atoms with van der Waals surface area (Å²) < 4.78 is 2.02. The molecule has 3 atom stereocenters. The Balaban J connectivity index is 1.65. The van der Waals surface area contributed by atoms with Gasteiger partial charge in [-0.3, -0.25) is 9.69 Å². The molecule has 0 amide bonds. The van der Waals surface area contributed by atoms with Gasteiger partial charge in [-0.25, -0.2) is 0 Å². The lowest BCUT2D eigenvalue weighted by Crippen LogP contribution is -2.36. The zero-order valence-electron chi connectivity index (χ0n) is 17.7. The van der Waals surface area contributed by atoms with Crippen LogP contribution in [0.4, 0.5) is 0 Å². The minimum absolute atomic E-state index is 0.0579. The zero-order valence-corrected chi connectivity index (χ0v) is 17.7. The lowest BCUT2D eigenvalue weighted by Gasteiger charge is -2.21. The van der Waals surface area contributed by atoms with E-state index in [1.165, 1.54) is 0 Å². The molecule has 0 unspecified atom stereocenters. The predicted molar refractivity (Wildman–Crippen MR) is 118 cm³/mol. The fraction of sp³-hybridized carbons (Fsp3) is 0.400. The molecule has 0 aliphatic carbocycles. The van der Waals surface area contributed by atoms with Gasteiger partial charge in [0.25, 0.3) is 0 Å². The molecule has 0 spiro atoms. The van der Waals surface area contributed by atoms with Crippen molar-refractivity contribution in [1.82, 2.24) is 9.47 Å². The van der Waals surface area contributed by atoms with Crippen LogP contribution >= 0.6 is 0 Å². The van der Waals surface area contributed by atoms with Crippen LogP contribution in [0, 0.1) is 29.6 Å². The maximum Gasteiger partial charge on any atom is 0.178 e. The Morgan fingerprint density at radius 3 is 2.65 bits per heavy atom. The summed E-state index contributed by atoms with van der Waals surface area (Å²) in [6.45, 7) is 2.26. The molecule has 1 aromatic heterocycles. The third-order valence-corrected chi connectivity index (χ3v) is 6.52. The largest absolute Gasteiger partial charge is 0.391 e. The van der Waals surface area contributed by atoms with E-state index in [1.54, 1.807) is 12.1 Å². The number of fused-ring (bicyclic) bond motifs is 2.